The molecule has 0 N–H and O–H groups in total. The summed E-state index contributed by atoms with van der Waals surface area (Å²) in [6.45, 7) is 0. The third kappa shape index (κ3) is 3.10. The fourth-order valence-corrected chi connectivity index (χ4v) is 5.38. The molecular formula is C30H18O9. The Labute approximate surface area is 217 Å². The van der Waals surface area contributed by atoms with Gasteiger partial charge in [0.25, 0.3) is 0 Å². The molecule has 0 aliphatic heterocycles. The molecule has 192 valence electrons. The zero-order chi connectivity index (χ0) is 27.0. The van der Waals surface area contributed by atoms with Crippen molar-refractivity contribution in [2.24, 2.45) is 0 Å². The van der Waals surface area contributed by atoms with Gasteiger partial charge in [0.1, 0.15) is 34.0 Å². The minimum Gasteiger partial charge on any atom is -0.497 e. The van der Waals surface area contributed by atoms with Gasteiger partial charge in [-0.2, -0.15) is 0 Å². The Morgan fingerprint density at radius 2 is 0.718 bits per heavy atom. The Morgan fingerprint density at radius 1 is 0.436 bits per heavy atom. The van der Waals surface area contributed by atoms with Gasteiger partial charge in [0.05, 0.1) is 37.5 Å². The van der Waals surface area contributed by atoms with Crippen LogP contribution in [0.5, 0.6) is 17.2 Å². The lowest BCUT2D eigenvalue weighted by Gasteiger charge is -2.14. The molecular weight excluding hydrogens is 504 g/mol. The number of rotatable bonds is 3. The van der Waals surface area contributed by atoms with E-state index in [1.807, 2.05) is 0 Å². The molecule has 7 aromatic rings. The van der Waals surface area contributed by atoms with Gasteiger partial charge >= 0.3 is 16.9 Å². The van der Waals surface area contributed by atoms with Gasteiger partial charge in [0, 0.05) is 50.5 Å². The van der Waals surface area contributed by atoms with Crippen molar-refractivity contribution in [1.82, 2.24) is 0 Å². The number of fused-ring (bicyclic) bond motifs is 12. The van der Waals surface area contributed by atoms with Crippen molar-refractivity contribution in [2.45, 2.75) is 0 Å². The highest BCUT2D eigenvalue weighted by Crippen LogP contribution is 2.41. The van der Waals surface area contributed by atoms with Gasteiger partial charge < -0.3 is 27.5 Å². The maximum Gasteiger partial charge on any atom is 0.344 e. The van der Waals surface area contributed by atoms with Crippen molar-refractivity contribution in [3.63, 3.8) is 0 Å². The number of ether oxygens (including phenoxy) is 3. The molecule has 0 aliphatic carbocycles. The van der Waals surface area contributed by atoms with E-state index in [4.69, 9.17) is 27.5 Å². The Kier molecular flexibility index (Phi) is 4.74. The number of hydrogen-bond acceptors (Lipinski definition) is 9. The second-order valence-corrected chi connectivity index (χ2v) is 9.00. The SMILES string of the molecule is COc1ccc2c(c1)oc(=O)c1c2c2c(=O)oc3cc(OC)ccc3c2c2c(=O)oc3cc(OC)ccc3c12. The Balaban J connectivity index is 1.91. The largest absolute Gasteiger partial charge is 0.497 e. The van der Waals surface area contributed by atoms with E-state index in [0.29, 0.717) is 49.6 Å². The molecule has 3 heterocycles. The Hall–Kier alpha value is -5.31. The van der Waals surface area contributed by atoms with Crippen LogP contribution in [0.2, 0.25) is 0 Å². The van der Waals surface area contributed by atoms with Gasteiger partial charge in [-0.1, -0.05) is 0 Å². The summed E-state index contributed by atoms with van der Waals surface area (Å²) in [6, 6.07) is 14.9. The standard InChI is InChI=1S/C30H18O9/c1-34-13-4-7-16-19(10-13)37-28(31)25-22(16)26-24(18-9-6-15(36-3)12-21(18)38-29(26)32)27-23(25)17-8-5-14(35-2)11-20(17)39-30(27)33/h4-12H,1-3H3. The zero-order valence-electron chi connectivity index (χ0n) is 20.9. The van der Waals surface area contributed by atoms with Crippen LogP contribution in [-0.2, 0) is 0 Å². The van der Waals surface area contributed by atoms with Crippen LogP contribution in [-0.4, -0.2) is 21.3 Å². The first kappa shape index (κ1) is 22.9. The fourth-order valence-electron chi connectivity index (χ4n) is 5.38. The predicted molar refractivity (Wildman–Crippen MR) is 147 cm³/mol. The number of methoxy groups -OCH3 is 3. The highest BCUT2D eigenvalue weighted by atomic mass is 16.5. The molecule has 39 heavy (non-hydrogen) atoms. The van der Waals surface area contributed by atoms with E-state index in [2.05, 4.69) is 0 Å². The molecule has 0 bridgehead atoms. The molecule has 9 nitrogen and oxygen atoms in total. The minimum absolute atomic E-state index is 0.0680. The molecule has 0 saturated heterocycles. The third-order valence-corrected chi connectivity index (χ3v) is 7.09. The van der Waals surface area contributed by atoms with Crippen LogP contribution >= 0.6 is 0 Å². The summed E-state index contributed by atoms with van der Waals surface area (Å²) < 4.78 is 33.1. The summed E-state index contributed by atoms with van der Waals surface area (Å²) in [4.78, 5) is 41.0. The second kappa shape index (κ2) is 8.09. The van der Waals surface area contributed by atoms with Crippen LogP contribution in [0.4, 0.5) is 0 Å². The maximum absolute atomic E-state index is 13.7. The van der Waals surface area contributed by atoms with Crippen LogP contribution in [0, 0.1) is 0 Å². The lowest BCUT2D eigenvalue weighted by Crippen LogP contribution is -2.11. The highest BCUT2D eigenvalue weighted by Gasteiger charge is 2.25. The Morgan fingerprint density at radius 3 is 0.974 bits per heavy atom. The minimum atomic E-state index is -0.727. The summed E-state index contributed by atoms with van der Waals surface area (Å²) in [5, 5.41) is 2.56. The normalized spacial score (nSPS) is 11.8. The van der Waals surface area contributed by atoms with Crippen molar-refractivity contribution >= 4 is 65.2 Å². The summed E-state index contributed by atoms with van der Waals surface area (Å²) in [5.41, 5.74) is -1.53. The smallest absolute Gasteiger partial charge is 0.344 e. The van der Waals surface area contributed by atoms with Gasteiger partial charge in [-0.25, -0.2) is 14.4 Å². The van der Waals surface area contributed by atoms with Crippen molar-refractivity contribution < 1.29 is 27.5 Å². The first-order valence-corrected chi connectivity index (χ1v) is 11.9. The molecule has 0 spiro atoms. The van der Waals surface area contributed by atoms with E-state index in [0.717, 1.165) is 0 Å². The molecule has 0 atom stereocenters. The van der Waals surface area contributed by atoms with E-state index in [1.165, 1.54) is 21.3 Å². The van der Waals surface area contributed by atoms with Gasteiger partial charge in [-0.15, -0.1) is 0 Å². The van der Waals surface area contributed by atoms with E-state index in [1.54, 1.807) is 54.6 Å². The van der Waals surface area contributed by atoms with Crippen LogP contribution < -0.4 is 31.1 Å². The van der Waals surface area contributed by atoms with E-state index in [9.17, 15) is 14.4 Å². The quantitative estimate of drug-likeness (QED) is 0.219. The predicted octanol–water partition coefficient (Wildman–Crippen LogP) is 5.49. The van der Waals surface area contributed by atoms with E-state index < -0.39 is 16.9 Å². The van der Waals surface area contributed by atoms with E-state index in [-0.39, 0.29) is 32.9 Å². The molecule has 9 heteroatoms. The van der Waals surface area contributed by atoms with Crippen molar-refractivity contribution in [1.29, 1.82) is 0 Å². The molecule has 0 saturated carbocycles. The first-order chi connectivity index (χ1) is 18.9. The van der Waals surface area contributed by atoms with Gasteiger partial charge in [0.2, 0.25) is 0 Å². The summed E-state index contributed by atoms with van der Waals surface area (Å²) in [6.07, 6.45) is 0. The summed E-state index contributed by atoms with van der Waals surface area (Å²) in [7, 11) is 4.49. The molecule has 3 aromatic heterocycles. The molecule has 7 rings (SSSR count). The average molecular weight is 522 g/mol. The van der Waals surface area contributed by atoms with E-state index >= 15 is 0 Å². The molecule has 0 unspecified atom stereocenters. The van der Waals surface area contributed by atoms with Gasteiger partial charge in [0.15, 0.2) is 0 Å². The van der Waals surface area contributed by atoms with Crippen molar-refractivity contribution in [3.05, 3.63) is 85.9 Å². The summed E-state index contributed by atoms with van der Waals surface area (Å²) >= 11 is 0. The molecule has 0 aliphatic rings. The molecule has 4 aromatic carbocycles. The topological polar surface area (TPSA) is 118 Å². The third-order valence-electron chi connectivity index (χ3n) is 7.09. The summed E-state index contributed by atoms with van der Waals surface area (Å²) in [5.74, 6) is 1.41. The monoisotopic (exact) mass is 522 g/mol. The van der Waals surface area contributed by atoms with Crippen molar-refractivity contribution in [2.75, 3.05) is 21.3 Å². The molecule has 0 radical (unpaired) electrons. The fraction of sp³-hybridized carbons (Fsp3) is 0.100. The van der Waals surface area contributed by atoms with Crippen LogP contribution in [0.1, 0.15) is 0 Å². The number of benzene rings is 4. The van der Waals surface area contributed by atoms with Crippen LogP contribution in [0.15, 0.2) is 82.2 Å². The van der Waals surface area contributed by atoms with Gasteiger partial charge in [-0.3, -0.25) is 0 Å². The Bertz CT molecular complexity index is 2060. The highest BCUT2D eigenvalue weighted by molar-refractivity contribution is 6.37. The lowest BCUT2D eigenvalue weighted by molar-refractivity contribution is 0.414. The average Bonchev–Trinajstić information content (AvgIpc) is 2.95. The van der Waals surface area contributed by atoms with Crippen LogP contribution in [0.3, 0.4) is 0 Å². The zero-order valence-corrected chi connectivity index (χ0v) is 20.9. The van der Waals surface area contributed by atoms with Crippen LogP contribution in [0.25, 0.3) is 65.2 Å². The van der Waals surface area contributed by atoms with Crippen molar-refractivity contribution in [3.8, 4) is 17.2 Å². The second-order valence-electron chi connectivity index (χ2n) is 9.00. The molecule has 0 fully saturated rings. The molecule has 0 amide bonds. The first-order valence-electron chi connectivity index (χ1n) is 11.9. The maximum atomic E-state index is 13.7. The van der Waals surface area contributed by atoms with Gasteiger partial charge in [-0.05, 0) is 36.4 Å². The lowest BCUT2D eigenvalue weighted by atomic mass is 9.92. The number of hydrogen-bond donors (Lipinski definition) is 0.